The number of non-ortho nitro benzene ring substituents is 1. The molecule has 0 saturated carbocycles. The van der Waals surface area contributed by atoms with Crippen LogP contribution in [0.5, 0.6) is 11.5 Å². The van der Waals surface area contributed by atoms with Crippen LogP contribution >= 0.6 is 0 Å². The smallest absolute Gasteiger partial charge is 0.406 e. The standard InChI is InChI=1S/C14H7F6NO4/c15-13(16,17)24-10-4-1-8(2-5-10)11-7-9(21(22)23)3-6-12(11)25-14(18,19)20/h1-7H. The van der Waals surface area contributed by atoms with Gasteiger partial charge in [0.25, 0.3) is 5.69 Å². The highest BCUT2D eigenvalue weighted by molar-refractivity contribution is 5.73. The Balaban J connectivity index is 2.44. The van der Waals surface area contributed by atoms with Gasteiger partial charge in [-0.1, -0.05) is 12.1 Å². The van der Waals surface area contributed by atoms with E-state index < -0.39 is 34.8 Å². The molecule has 11 heteroatoms. The van der Waals surface area contributed by atoms with Crippen molar-refractivity contribution in [2.75, 3.05) is 0 Å². The van der Waals surface area contributed by atoms with Crippen molar-refractivity contribution in [1.29, 1.82) is 0 Å². The highest BCUT2D eigenvalue weighted by Gasteiger charge is 2.33. The fourth-order valence-electron chi connectivity index (χ4n) is 1.91. The maximum atomic E-state index is 12.4. The van der Waals surface area contributed by atoms with Crippen molar-refractivity contribution < 1.29 is 40.7 Å². The zero-order chi connectivity index (χ0) is 18.8. The van der Waals surface area contributed by atoms with Gasteiger partial charge in [-0.2, -0.15) is 0 Å². The maximum Gasteiger partial charge on any atom is 0.573 e. The van der Waals surface area contributed by atoms with Crippen LogP contribution in [0.1, 0.15) is 0 Å². The minimum absolute atomic E-state index is 0.0301. The summed E-state index contributed by atoms with van der Waals surface area (Å²) in [6, 6.07) is 6.14. The Kier molecular flexibility index (Phi) is 4.77. The molecule has 0 atom stereocenters. The van der Waals surface area contributed by atoms with Crippen LogP contribution in [0.4, 0.5) is 32.0 Å². The molecule has 0 aromatic heterocycles. The number of nitro benzene ring substituents is 1. The highest BCUT2D eigenvalue weighted by Crippen LogP contribution is 2.37. The number of rotatable bonds is 4. The lowest BCUT2D eigenvalue weighted by molar-refractivity contribution is -0.384. The molecule has 0 saturated heterocycles. The van der Waals surface area contributed by atoms with Crippen molar-refractivity contribution >= 4 is 5.69 Å². The van der Waals surface area contributed by atoms with E-state index >= 15 is 0 Å². The predicted molar refractivity (Wildman–Crippen MR) is 71.9 cm³/mol. The van der Waals surface area contributed by atoms with Crippen LogP contribution in [-0.4, -0.2) is 17.6 Å². The summed E-state index contributed by atoms with van der Waals surface area (Å²) in [5.74, 6) is -1.33. The van der Waals surface area contributed by atoms with Gasteiger partial charge in [0.05, 0.1) is 4.92 Å². The summed E-state index contributed by atoms with van der Waals surface area (Å²) in [5.41, 5.74) is -0.859. The molecule has 2 rings (SSSR count). The fraction of sp³-hybridized carbons (Fsp3) is 0.143. The van der Waals surface area contributed by atoms with E-state index in [4.69, 9.17) is 0 Å². The van der Waals surface area contributed by atoms with Gasteiger partial charge < -0.3 is 9.47 Å². The van der Waals surface area contributed by atoms with Crippen molar-refractivity contribution in [1.82, 2.24) is 0 Å². The SMILES string of the molecule is O=[N+]([O-])c1ccc(OC(F)(F)F)c(-c2ccc(OC(F)(F)F)cc2)c1. The van der Waals surface area contributed by atoms with Crippen LogP contribution in [0.15, 0.2) is 42.5 Å². The Morgan fingerprint density at radius 2 is 1.40 bits per heavy atom. The number of halogens is 6. The lowest BCUT2D eigenvalue weighted by Gasteiger charge is -2.14. The summed E-state index contributed by atoms with van der Waals surface area (Å²) >= 11 is 0. The number of hydrogen-bond acceptors (Lipinski definition) is 4. The lowest BCUT2D eigenvalue weighted by Crippen LogP contribution is -2.17. The first-order valence-electron chi connectivity index (χ1n) is 6.35. The van der Waals surface area contributed by atoms with E-state index in [2.05, 4.69) is 9.47 Å². The first kappa shape index (κ1) is 18.4. The molecule has 0 N–H and O–H groups in total. The quantitative estimate of drug-likeness (QED) is 0.431. The third-order valence-electron chi connectivity index (χ3n) is 2.80. The van der Waals surface area contributed by atoms with E-state index in [0.29, 0.717) is 0 Å². The van der Waals surface area contributed by atoms with Gasteiger partial charge in [-0.3, -0.25) is 10.1 Å². The van der Waals surface area contributed by atoms with Crippen LogP contribution < -0.4 is 9.47 Å². The van der Waals surface area contributed by atoms with Crippen molar-refractivity contribution in [3.05, 3.63) is 52.6 Å². The Labute approximate surface area is 135 Å². The van der Waals surface area contributed by atoms with E-state index in [1.807, 2.05) is 0 Å². The number of alkyl halides is 6. The monoisotopic (exact) mass is 367 g/mol. The van der Waals surface area contributed by atoms with Crippen molar-refractivity contribution in [2.24, 2.45) is 0 Å². The zero-order valence-corrected chi connectivity index (χ0v) is 11.9. The molecule has 0 amide bonds. The number of nitrogens with zero attached hydrogens (tertiary/aromatic N) is 1. The molecule has 5 nitrogen and oxygen atoms in total. The van der Waals surface area contributed by atoms with Gasteiger partial charge in [0.15, 0.2) is 0 Å². The largest absolute Gasteiger partial charge is 0.573 e. The molecular weight excluding hydrogens is 360 g/mol. The molecule has 0 bridgehead atoms. The van der Waals surface area contributed by atoms with Gasteiger partial charge in [-0.25, -0.2) is 0 Å². The van der Waals surface area contributed by atoms with Crippen LogP contribution in [0, 0.1) is 10.1 Å². The van der Waals surface area contributed by atoms with Crippen LogP contribution in [0.3, 0.4) is 0 Å². The third kappa shape index (κ3) is 5.26. The number of benzene rings is 2. The molecule has 2 aromatic carbocycles. The molecule has 25 heavy (non-hydrogen) atoms. The van der Waals surface area contributed by atoms with Gasteiger partial charge in [0, 0.05) is 17.7 Å². The number of ether oxygens (including phenoxy) is 2. The summed E-state index contributed by atoms with van der Waals surface area (Å²) in [4.78, 5) is 9.96. The van der Waals surface area contributed by atoms with Crippen LogP contribution in [-0.2, 0) is 0 Å². The minimum Gasteiger partial charge on any atom is -0.406 e. The Hall–Kier alpha value is -2.98. The Morgan fingerprint density at radius 3 is 1.88 bits per heavy atom. The first-order valence-corrected chi connectivity index (χ1v) is 6.35. The molecule has 0 aliphatic rings. The van der Waals surface area contributed by atoms with Gasteiger partial charge in [0.1, 0.15) is 11.5 Å². The molecule has 0 spiro atoms. The summed E-state index contributed by atoms with van der Waals surface area (Å²) in [6.45, 7) is 0. The number of hydrogen-bond donors (Lipinski definition) is 0. The summed E-state index contributed by atoms with van der Waals surface area (Å²) in [6.07, 6.45) is -9.98. The predicted octanol–water partition coefficient (Wildman–Crippen LogP) is 5.06. The molecule has 0 fully saturated rings. The van der Waals surface area contributed by atoms with E-state index in [1.165, 1.54) is 0 Å². The van der Waals surface area contributed by atoms with E-state index in [9.17, 15) is 36.5 Å². The molecule has 0 unspecified atom stereocenters. The molecule has 0 radical (unpaired) electrons. The van der Waals surface area contributed by atoms with E-state index in [0.717, 1.165) is 42.5 Å². The normalized spacial score (nSPS) is 11.9. The van der Waals surface area contributed by atoms with Crippen molar-refractivity contribution in [3.63, 3.8) is 0 Å². The second-order valence-corrected chi connectivity index (χ2v) is 4.56. The van der Waals surface area contributed by atoms with Crippen LogP contribution in [0.2, 0.25) is 0 Å². The summed E-state index contributed by atoms with van der Waals surface area (Å²) in [7, 11) is 0. The number of nitro groups is 1. The van der Waals surface area contributed by atoms with Crippen LogP contribution in [0.25, 0.3) is 11.1 Å². The van der Waals surface area contributed by atoms with Gasteiger partial charge in [-0.05, 0) is 23.8 Å². The first-order chi connectivity index (χ1) is 11.4. The van der Waals surface area contributed by atoms with Crippen molar-refractivity contribution in [2.45, 2.75) is 12.7 Å². The highest BCUT2D eigenvalue weighted by atomic mass is 19.4. The molecule has 134 valence electrons. The van der Waals surface area contributed by atoms with Gasteiger partial charge in [-0.15, -0.1) is 26.3 Å². The average molecular weight is 367 g/mol. The second kappa shape index (κ2) is 6.49. The summed E-state index contributed by atoms with van der Waals surface area (Å²) < 4.78 is 81.1. The third-order valence-corrected chi connectivity index (χ3v) is 2.80. The molecule has 0 aliphatic carbocycles. The Morgan fingerprint density at radius 1 is 0.840 bits per heavy atom. The topological polar surface area (TPSA) is 61.6 Å². The molecule has 0 aliphatic heterocycles. The lowest BCUT2D eigenvalue weighted by atomic mass is 10.0. The Bertz CT molecular complexity index is 770. The average Bonchev–Trinajstić information content (AvgIpc) is 2.45. The zero-order valence-electron chi connectivity index (χ0n) is 11.9. The van der Waals surface area contributed by atoms with Gasteiger partial charge >= 0.3 is 12.7 Å². The maximum absolute atomic E-state index is 12.4. The summed E-state index contributed by atoms with van der Waals surface area (Å²) in [5, 5.41) is 10.8. The minimum atomic E-state index is -5.05. The molecule has 0 heterocycles. The van der Waals surface area contributed by atoms with E-state index in [1.54, 1.807) is 0 Å². The second-order valence-electron chi connectivity index (χ2n) is 4.56. The molecular formula is C14H7F6NO4. The fourth-order valence-corrected chi connectivity index (χ4v) is 1.91. The van der Waals surface area contributed by atoms with Gasteiger partial charge in [0.2, 0.25) is 0 Å². The molecule has 2 aromatic rings. The van der Waals surface area contributed by atoms with E-state index in [-0.39, 0.29) is 11.1 Å². The van der Waals surface area contributed by atoms with Crippen molar-refractivity contribution in [3.8, 4) is 22.6 Å².